The molecule has 270 valence electrons. The first-order chi connectivity index (χ1) is 24.5. The van der Waals surface area contributed by atoms with Crippen LogP contribution in [0.4, 0.5) is 8.78 Å². The Morgan fingerprint density at radius 3 is 2.47 bits per heavy atom. The second-order valence-corrected chi connectivity index (χ2v) is 14.3. The Balaban J connectivity index is 1.24. The van der Waals surface area contributed by atoms with Gasteiger partial charge in [0.05, 0.1) is 12.6 Å². The predicted molar refractivity (Wildman–Crippen MR) is 191 cm³/mol. The number of carbonyl (C=O) groups is 3. The van der Waals surface area contributed by atoms with Crippen molar-refractivity contribution in [2.24, 2.45) is 0 Å². The van der Waals surface area contributed by atoms with Gasteiger partial charge in [-0.05, 0) is 104 Å². The topological polar surface area (TPSA) is 99.2 Å². The average Bonchev–Trinajstić information content (AvgIpc) is 3.94. The Bertz CT molecular complexity index is 1820. The minimum atomic E-state index is -0.936. The molecule has 6 rings (SSSR count). The number of halogens is 2. The molecule has 2 N–H and O–H groups in total. The SMILES string of the molecule is Cc1cc(C)c(C)c(OCCc2ccc(C3=C(C(=O)N(CCc4cccc(F)c4F)C4CC4)[C@H]4CN(C(=O)CCCC(=O)O)C[C@@H](C3)N4)cc2)c1. The molecule has 3 aromatic carbocycles. The first-order valence-corrected chi connectivity index (χ1v) is 18.0. The molecular weight excluding hydrogens is 652 g/mol. The van der Waals surface area contributed by atoms with Crippen molar-refractivity contribution in [3.05, 3.63) is 105 Å². The number of carboxylic acid groups (broad SMARTS) is 1. The number of aliphatic carboxylic acids is 1. The minimum Gasteiger partial charge on any atom is -0.493 e. The second kappa shape index (κ2) is 15.8. The number of nitrogens with one attached hydrogen (secondary N) is 1. The summed E-state index contributed by atoms with van der Waals surface area (Å²) in [5.74, 6) is -2.10. The molecule has 2 heterocycles. The summed E-state index contributed by atoms with van der Waals surface area (Å²) < 4.78 is 34.8. The molecule has 3 aromatic rings. The molecule has 8 nitrogen and oxygen atoms in total. The minimum absolute atomic E-state index is 0.0149. The first-order valence-electron chi connectivity index (χ1n) is 18.0. The van der Waals surface area contributed by atoms with Crippen molar-refractivity contribution < 1.29 is 33.0 Å². The maximum Gasteiger partial charge on any atom is 0.303 e. The Labute approximate surface area is 298 Å². The van der Waals surface area contributed by atoms with Crippen LogP contribution in [0.15, 0.2) is 60.2 Å². The van der Waals surface area contributed by atoms with Crippen LogP contribution in [0.1, 0.15) is 71.9 Å². The normalized spacial score (nSPS) is 18.5. The van der Waals surface area contributed by atoms with Gasteiger partial charge in [-0.25, -0.2) is 8.78 Å². The van der Waals surface area contributed by atoms with E-state index in [0.717, 1.165) is 58.9 Å². The number of ether oxygens (including phenoxy) is 1. The Morgan fingerprint density at radius 1 is 0.980 bits per heavy atom. The van der Waals surface area contributed by atoms with Crippen LogP contribution in [0.25, 0.3) is 5.57 Å². The summed E-state index contributed by atoms with van der Waals surface area (Å²) in [4.78, 5) is 42.4. The summed E-state index contributed by atoms with van der Waals surface area (Å²) >= 11 is 0. The predicted octanol–water partition coefficient (Wildman–Crippen LogP) is 6.33. The lowest BCUT2D eigenvalue weighted by atomic mass is 9.82. The molecule has 2 bridgehead atoms. The number of rotatable bonds is 14. The Hall–Kier alpha value is -4.57. The van der Waals surface area contributed by atoms with E-state index in [0.29, 0.717) is 25.1 Å². The summed E-state index contributed by atoms with van der Waals surface area (Å²) in [6, 6.07) is 16.1. The number of amides is 2. The van der Waals surface area contributed by atoms with Gasteiger partial charge in [0.15, 0.2) is 11.6 Å². The van der Waals surface area contributed by atoms with E-state index in [4.69, 9.17) is 9.84 Å². The fourth-order valence-corrected chi connectivity index (χ4v) is 7.40. The van der Waals surface area contributed by atoms with Crippen LogP contribution in [-0.4, -0.2) is 77.1 Å². The molecule has 2 amide bonds. The lowest BCUT2D eigenvalue weighted by Gasteiger charge is -2.45. The summed E-state index contributed by atoms with van der Waals surface area (Å²) in [6.45, 7) is 7.74. The summed E-state index contributed by atoms with van der Waals surface area (Å²) in [6.07, 6.45) is 3.43. The van der Waals surface area contributed by atoms with E-state index in [2.05, 4.69) is 62.5 Å². The first kappa shape index (κ1) is 36.2. The zero-order chi connectivity index (χ0) is 36.2. The maximum atomic E-state index is 14.7. The van der Waals surface area contributed by atoms with Crippen molar-refractivity contribution in [2.45, 2.75) is 90.3 Å². The largest absolute Gasteiger partial charge is 0.493 e. The van der Waals surface area contributed by atoms with Crippen molar-refractivity contribution in [2.75, 3.05) is 26.2 Å². The van der Waals surface area contributed by atoms with Crippen LogP contribution in [0.5, 0.6) is 5.75 Å². The van der Waals surface area contributed by atoms with E-state index in [1.807, 2.05) is 0 Å². The van der Waals surface area contributed by atoms with E-state index in [-0.39, 0.29) is 68.2 Å². The van der Waals surface area contributed by atoms with Gasteiger partial charge in [0.1, 0.15) is 5.75 Å². The van der Waals surface area contributed by atoms with Crippen molar-refractivity contribution in [1.29, 1.82) is 0 Å². The van der Waals surface area contributed by atoms with E-state index in [9.17, 15) is 23.2 Å². The number of piperazine rings is 1. The summed E-state index contributed by atoms with van der Waals surface area (Å²) in [5, 5.41) is 12.6. The number of fused-ring (bicyclic) bond motifs is 2. The van der Waals surface area contributed by atoms with Crippen LogP contribution < -0.4 is 10.1 Å². The number of aryl methyl sites for hydroxylation is 2. The number of carboxylic acids is 1. The van der Waals surface area contributed by atoms with E-state index < -0.39 is 23.6 Å². The molecule has 2 aliphatic heterocycles. The zero-order valence-electron chi connectivity index (χ0n) is 29.6. The molecule has 10 heteroatoms. The maximum absolute atomic E-state index is 14.7. The van der Waals surface area contributed by atoms with Crippen LogP contribution in [0, 0.1) is 32.4 Å². The molecular formula is C41H47F2N3O5. The van der Waals surface area contributed by atoms with Crippen LogP contribution in [0.3, 0.4) is 0 Å². The second-order valence-electron chi connectivity index (χ2n) is 14.3. The van der Waals surface area contributed by atoms with Crippen molar-refractivity contribution in [1.82, 2.24) is 15.1 Å². The highest BCUT2D eigenvalue weighted by Crippen LogP contribution is 2.37. The van der Waals surface area contributed by atoms with Gasteiger partial charge in [-0.1, -0.05) is 42.5 Å². The molecule has 1 aliphatic carbocycles. The lowest BCUT2D eigenvalue weighted by Crippen LogP contribution is -2.62. The standard InChI is InChI=1S/C41H47F2N3O5/c1-25-20-26(2)27(3)36(21-25)51-19-17-28-10-12-29(13-11-28)33-22-31-23-45(37(47)8-5-9-38(48)49)24-35(44-31)39(33)41(50)46(32-14-15-32)18-16-30-6-4-7-34(42)40(30)43/h4,6-7,10-13,20-21,31-32,35,44H,5,8-9,14-19,22-24H2,1-3H3,(H,48,49)/t31-,35-/m1/s1. The molecule has 0 spiro atoms. The number of hydrogen-bond acceptors (Lipinski definition) is 5. The highest BCUT2D eigenvalue weighted by Gasteiger charge is 2.43. The third-order valence-electron chi connectivity index (χ3n) is 10.4. The van der Waals surface area contributed by atoms with Gasteiger partial charge in [0.25, 0.3) is 5.91 Å². The van der Waals surface area contributed by atoms with Gasteiger partial charge in [-0.3, -0.25) is 14.4 Å². The van der Waals surface area contributed by atoms with Gasteiger partial charge in [-0.15, -0.1) is 0 Å². The molecule has 0 aromatic heterocycles. The highest BCUT2D eigenvalue weighted by atomic mass is 19.2. The van der Waals surface area contributed by atoms with Gasteiger partial charge < -0.3 is 25.0 Å². The highest BCUT2D eigenvalue weighted by molar-refractivity contribution is 6.03. The van der Waals surface area contributed by atoms with Crippen molar-refractivity contribution >= 4 is 23.4 Å². The molecule has 1 saturated heterocycles. The monoisotopic (exact) mass is 699 g/mol. The molecule has 2 atom stereocenters. The van der Waals surface area contributed by atoms with Crippen LogP contribution in [-0.2, 0) is 27.2 Å². The van der Waals surface area contributed by atoms with Crippen molar-refractivity contribution in [3.63, 3.8) is 0 Å². The Morgan fingerprint density at radius 2 is 1.75 bits per heavy atom. The number of hydrogen-bond donors (Lipinski definition) is 2. The fraction of sp³-hybridized carbons (Fsp3) is 0.439. The van der Waals surface area contributed by atoms with Crippen molar-refractivity contribution in [3.8, 4) is 5.75 Å². The fourth-order valence-electron chi connectivity index (χ4n) is 7.40. The van der Waals surface area contributed by atoms with Gasteiger partial charge in [0, 0.05) is 56.6 Å². The summed E-state index contributed by atoms with van der Waals surface area (Å²) in [7, 11) is 0. The van der Waals surface area contributed by atoms with Gasteiger partial charge >= 0.3 is 5.97 Å². The lowest BCUT2D eigenvalue weighted by molar-refractivity contribution is -0.138. The average molecular weight is 700 g/mol. The van der Waals surface area contributed by atoms with E-state index in [1.54, 1.807) is 15.9 Å². The molecule has 2 fully saturated rings. The quantitative estimate of drug-likeness (QED) is 0.204. The number of carbonyl (C=O) groups excluding carboxylic acids is 2. The van der Waals surface area contributed by atoms with E-state index >= 15 is 0 Å². The Kier molecular flexibility index (Phi) is 11.2. The molecule has 51 heavy (non-hydrogen) atoms. The summed E-state index contributed by atoms with van der Waals surface area (Å²) in [5.41, 5.74) is 7.31. The van der Waals surface area contributed by atoms with E-state index in [1.165, 1.54) is 11.6 Å². The third-order valence-corrected chi connectivity index (χ3v) is 10.4. The smallest absolute Gasteiger partial charge is 0.303 e. The third kappa shape index (κ3) is 8.67. The molecule has 3 aliphatic rings. The van der Waals surface area contributed by atoms with Gasteiger partial charge in [0.2, 0.25) is 5.91 Å². The van der Waals surface area contributed by atoms with Gasteiger partial charge in [-0.2, -0.15) is 0 Å². The molecule has 0 radical (unpaired) electrons. The van der Waals surface area contributed by atoms with Crippen LogP contribution >= 0.6 is 0 Å². The number of nitrogens with zero attached hydrogens (tertiary/aromatic N) is 2. The zero-order valence-corrected chi connectivity index (χ0v) is 29.6. The number of benzene rings is 3. The molecule has 0 unspecified atom stereocenters. The molecule has 1 saturated carbocycles. The van der Waals surface area contributed by atoms with Crippen LogP contribution in [0.2, 0.25) is 0 Å².